The van der Waals surface area contributed by atoms with Crippen LogP contribution in [0, 0.1) is 0 Å². The number of phenols is 1. The maximum atomic E-state index is 10.8. The molecule has 0 aliphatic heterocycles. The van der Waals surface area contributed by atoms with Gasteiger partial charge in [-0.15, -0.1) is 0 Å². The maximum absolute atomic E-state index is 10.8. The van der Waals surface area contributed by atoms with Crippen molar-refractivity contribution in [1.29, 1.82) is 0 Å². The van der Waals surface area contributed by atoms with Crippen molar-refractivity contribution >= 4 is 11.9 Å². The number of carboxylic acid groups (broad SMARTS) is 2. The number of carboxylic acids is 2. The first-order valence-electron chi connectivity index (χ1n) is 5.44. The highest BCUT2D eigenvalue weighted by molar-refractivity contribution is 5.87. The minimum Gasteiger partial charge on any atom is -0.508 e. The number of hydrogen-bond acceptors (Lipinski definition) is 3. The summed E-state index contributed by atoms with van der Waals surface area (Å²) in [4.78, 5) is 21.5. The van der Waals surface area contributed by atoms with Gasteiger partial charge in [0.1, 0.15) is 5.75 Å². The maximum Gasteiger partial charge on any atom is 0.331 e. The van der Waals surface area contributed by atoms with Gasteiger partial charge >= 0.3 is 11.9 Å². The standard InChI is InChI=1S/C14H14O5/c1-8(13(16)17)6-10-4-3-5-12(15)11(10)7-9(2)14(18)19/h3-5,15H,1-2,6-7H2,(H,16,17)(H,18,19). The number of phenolic OH excluding ortho intramolecular Hbond substituents is 1. The zero-order valence-corrected chi connectivity index (χ0v) is 10.2. The van der Waals surface area contributed by atoms with Gasteiger partial charge in [-0.05, 0) is 11.6 Å². The third-order valence-electron chi connectivity index (χ3n) is 2.65. The normalized spacial score (nSPS) is 9.89. The topological polar surface area (TPSA) is 94.8 Å². The van der Waals surface area contributed by atoms with Gasteiger partial charge in [0.2, 0.25) is 0 Å². The van der Waals surface area contributed by atoms with Gasteiger partial charge < -0.3 is 15.3 Å². The molecule has 0 fully saturated rings. The SMILES string of the molecule is C=C(Cc1cccc(O)c1CC(=C)C(=O)O)C(=O)O. The molecule has 1 rings (SSSR count). The smallest absolute Gasteiger partial charge is 0.331 e. The van der Waals surface area contributed by atoms with Crippen LogP contribution >= 0.6 is 0 Å². The molecule has 0 heterocycles. The van der Waals surface area contributed by atoms with Crippen molar-refractivity contribution in [3.05, 3.63) is 53.6 Å². The molecule has 100 valence electrons. The van der Waals surface area contributed by atoms with Crippen LogP contribution in [-0.4, -0.2) is 27.3 Å². The van der Waals surface area contributed by atoms with Gasteiger partial charge in [-0.1, -0.05) is 25.3 Å². The Balaban J connectivity index is 3.08. The second-order valence-electron chi connectivity index (χ2n) is 4.09. The van der Waals surface area contributed by atoms with Crippen molar-refractivity contribution < 1.29 is 24.9 Å². The fraction of sp³-hybridized carbons (Fsp3) is 0.143. The van der Waals surface area contributed by atoms with Crippen molar-refractivity contribution in [1.82, 2.24) is 0 Å². The summed E-state index contributed by atoms with van der Waals surface area (Å²) in [5, 5.41) is 27.4. The lowest BCUT2D eigenvalue weighted by atomic mass is 9.95. The highest BCUT2D eigenvalue weighted by atomic mass is 16.4. The number of benzene rings is 1. The van der Waals surface area contributed by atoms with Crippen LogP contribution in [0.4, 0.5) is 0 Å². The molecule has 0 aliphatic rings. The summed E-state index contributed by atoms with van der Waals surface area (Å²) in [5.41, 5.74) is 0.767. The third kappa shape index (κ3) is 3.70. The molecule has 5 nitrogen and oxygen atoms in total. The molecule has 0 saturated carbocycles. The molecule has 0 bridgehead atoms. The van der Waals surface area contributed by atoms with Crippen LogP contribution in [0.5, 0.6) is 5.75 Å². The molecular weight excluding hydrogens is 248 g/mol. The van der Waals surface area contributed by atoms with E-state index < -0.39 is 11.9 Å². The largest absolute Gasteiger partial charge is 0.508 e. The van der Waals surface area contributed by atoms with Crippen molar-refractivity contribution in [2.75, 3.05) is 0 Å². The molecule has 0 atom stereocenters. The molecule has 0 spiro atoms. The van der Waals surface area contributed by atoms with Crippen LogP contribution in [0.1, 0.15) is 11.1 Å². The van der Waals surface area contributed by atoms with Crippen molar-refractivity contribution in [2.24, 2.45) is 0 Å². The molecule has 19 heavy (non-hydrogen) atoms. The van der Waals surface area contributed by atoms with Gasteiger partial charge in [-0.25, -0.2) is 9.59 Å². The van der Waals surface area contributed by atoms with E-state index in [-0.39, 0.29) is 29.7 Å². The molecule has 0 radical (unpaired) electrons. The Morgan fingerprint density at radius 1 is 1.00 bits per heavy atom. The lowest BCUT2D eigenvalue weighted by Gasteiger charge is -2.11. The number of aromatic hydroxyl groups is 1. The first-order chi connectivity index (χ1) is 8.82. The summed E-state index contributed by atoms with van der Waals surface area (Å²) in [6.07, 6.45) is -0.0177. The zero-order valence-electron chi connectivity index (χ0n) is 10.2. The minimum absolute atomic E-state index is 0.0337. The van der Waals surface area contributed by atoms with Gasteiger partial charge in [0.05, 0.1) is 0 Å². The summed E-state index contributed by atoms with van der Waals surface area (Å²) in [6.45, 7) is 6.81. The minimum atomic E-state index is -1.16. The highest BCUT2D eigenvalue weighted by Crippen LogP contribution is 2.25. The van der Waals surface area contributed by atoms with E-state index in [4.69, 9.17) is 10.2 Å². The van der Waals surface area contributed by atoms with E-state index in [1.807, 2.05) is 0 Å². The van der Waals surface area contributed by atoms with Gasteiger partial charge in [0.25, 0.3) is 0 Å². The molecule has 1 aromatic carbocycles. The summed E-state index contributed by atoms with van der Waals surface area (Å²) in [6, 6.07) is 4.60. The Morgan fingerprint density at radius 3 is 2.05 bits per heavy atom. The van der Waals surface area contributed by atoms with E-state index >= 15 is 0 Å². The fourth-order valence-corrected chi connectivity index (χ4v) is 1.59. The summed E-state index contributed by atoms with van der Waals surface area (Å²) >= 11 is 0. The average Bonchev–Trinajstić information content (AvgIpc) is 2.32. The predicted molar refractivity (Wildman–Crippen MR) is 69.1 cm³/mol. The Labute approximate surface area is 110 Å². The van der Waals surface area contributed by atoms with E-state index in [2.05, 4.69) is 13.2 Å². The van der Waals surface area contributed by atoms with Crippen LogP contribution in [0.2, 0.25) is 0 Å². The second-order valence-corrected chi connectivity index (χ2v) is 4.09. The van der Waals surface area contributed by atoms with E-state index in [1.54, 1.807) is 12.1 Å². The fourth-order valence-electron chi connectivity index (χ4n) is 1.59. The number of aliphatic carboxylic acids is 2. The summed E-state index contributed by atoms with van der Waals surface area (Å²) in [7, 11) is 0. The molecule has 3 N–H and O–H groups in total. The van der Waals surface area contributed by atoms with Crippen LogP contribution < -0.4 is 0 Å². The Hall–Kier alpha value is -2.56. The Kier molecular flexibility index (Phi) is 4.47. The second kappa shape index (κ2) is 5.86. The molecule has 0 unspecified atom stereocenters. The van der Waals surface area contributed by atoms with Crippen molar-refractivity contribution in [3.8, 4) is 5.75 Å². The lowest BCUT2D eigenvalue weighted by Crippen LogP contribution is -2.07. The van der Waals surface area contributed by atoms with Crippen LogP contribution in [0.3, 0.4) is 0 Å². The van der Waals surface area contributed by atoms with Crippen LogP contribution in [0.15, 0.2) is 42.5 Å². The van der Waals surface area contributed by atoms with Gasteiger partial charge in [-0.2, -0.15) is 0 Å². The number of rotatable bonds is 6. The number of hydrogen-bond donors (Lipinski definition) is 3. The molecule has 0 saturated heterocycles. The van der Waals surface area contributed by atoms with Gasteiger partial charge in [0.15, 0.2) is 0 Å². The van der Waals surface area contributed by atoms with Crippen molar-refractivity contribution in [2.45, 2.75) is 12.8 Å². The molecule has 0 aromatic heterocycles. The lowest BCUT2D eigenvalue weighted by molar-refractivity contribution is -0.133. The molecule has 0 aliphatic carbocycles. The molecule has 5 heteroatoms. The Bertz CT molecular complexity index is 557. The van der Waals surface area contributed by atoms with Crippen molar-refractivity contribution in [3.63, 3.8) is 0 Å². The monoisotopic (exact) mass is 262 g/mol. The van der Waals surface area contributed by atoms with Crippen LogP contribution in [0.25, 0.3) is 0 Å². The third-order valence-corrected chi connectivity index (χ3v) is 2.65. The first kappa shape index (κ1) is 14.5. The molecule has 1 aromatic rings. The van der Waals surface area contributed by atoms with E-state index in [0.29, 0.717) is 11.1 Å². The van der Waals surface area contributed by atoms with E-state index in [1.165, 1.54) is 6.07 Å². The van der Waals surface area contributed by atoms with E-state index in [0.717, 1.165) is 0 Å². The first-order valence-corrected chi connectivity index (χ1v) is 5.44. The average molecular weight is 262 g/mol. The summed E-state index contributed by atoms with van der Waals surface area (Å²) in [5.74, 6) is -2.38. The highest BCUT2D eigenvalue weighted by Gasteiger charge is 2.15. The zero-order chi connectivity index (χ0) is 14.6. The Morgan fingerprint density at radius 2 is 1.53 bits per heavy atom. The van der Waals surface area contributed by atoms with E-state index in [9.17, 15) is 14.7 Å². The molecular formula is C14H14O5. The molecule has 0 amide bonds. The van der Waals surface area contributed by atoms with Crippen LogP contribution in [-0.2, 0) is 22.4 Å². The predicted octanol–water partition coefficient (Wildman–Crippen LogP) is 1.76. The van der Waals surface area contributed by atoms with Gasteiger partial charge in [0, 0.05) is 29.6 Å². The summed E-state index contributed by atoms with van der Waals surface area (Å²) < 4.78 is 0. The van der Waals surface area contributed by atoms with Gasteiger partial charge in [-0.3, -0.25) is 0 Å². The quantitative estimate of drug-likeness (QED) is 0.679. The number of carbonyl (C=O) groups is 2.